The van der Waals surface area contributed by atoms with Crippen molar-refractivity contribution < 1.29 is 13.2 Å². The Hall–Kier alpha value is -2.65. The Kier molecular flexibility index (Phi) is 4.60. The van der Waals surface area contributed by atoms with E-state index in [2.05, 4.69) is 15.1 Å². The van der Waals surface area contributed by atoms with E-state index < -0.39 is 10.0 Å². The highest BCUT2D eigenvalue weighted by Crippen LogP contribution is 2.30. The minimum atomic E-state index is -3.83. The Morgan fingerprint density at radius 2 is 1.96 bits per heavy atom. The minimum absolute atomic E-state index is 0.0994. The number of aromatic nitrogens is 2. The van der Waals surface area contributed by atoms with Gasteiger partial charge in [-0.05, 0) is 29.6 Å². The maximum absolute atomic E-state index is 12.8. The van der Waals surface area contributed by atoms with Crippen molar-refractivity contribution in [3.05, 3.63) is 48.0 Å². The maximum atomic E-state index is 12.8. The average Bonchev–Trinajstić information content (AvgIpc) is 3.15. The van der Waals surface area contributed by atoms with Crippen LogP contribution in [0.1, 0.15) is 6.92 Å². The van der Waals surface area contributed by atoms with E-state index in [1.165, 1.54) is 29.1 Å². The van der Waals surface area contributed by atoms with Crippen LogP contribution in [0.25, 0.3) is 10.6 Å². The minimum Gasteiger partial charge on any atom is -0.326 e. The molecule has 130 valence electrons. The van der Waals surface area contributed by atoms with E-state index in [1.54, 1.807) is 31.3 Å². The van der Waals surface area contributed by atoms with Gasteiger partial charge in [-0.15, -0.1) is 11.3 Å². The first kappa shape index (κ1) is 17.2. The van der Waals surface area contributed by atoms with Crippen molar-refractivity contribution in [3.8, 4) is 10.6 Å². The largest absolute Gasteiger partial charge is 0.326 e. The van der Waals surface area contributed by atoms with Gasteiger partial charge in [-0.3, -0.25) is 14.2 Å². The highest BCUT2D eigenvalue weighted by molar-refractivity contribution is 7.92. The summed E-state index contributed by atoms with van der Waals surface area (Å²) in [6, 6.07) is 10.2. The Bertz CT molecular complexity index is 1010. The zero-order valence-corrected chi connectivity index (χ0v) is 15.2. The van der Waals surface area contributed by atoms with Gasteiger partial charge in [-0.1, -0.05) is 12.1 Å². The number of benzene rings is 1. The van der Waals surface area contributed by atoms with Crippen molar-refractivity contribution >= 4 is 38.6 Å². The van der Waals surface area contributed by atoms with Gasteiger partial charge in [0.25, 0.3) is 10.0 Å². The van der Waals surface area contributed by atoms with Crippen LogP contribution in [0.5, 0.6) is 0 Å². The van der Waals surface area contributed by atoms with Gasteiger partial charge in [0.1, 0.15) is 10.6 Å². The molecule has 7 nitrogen and oxygen atoms in total. The van der Waals surface area contributed by atoms with Crippen molar-refractivity contribution in [3.63, 3.8) is 0 Å². The van der Waals surface area contributed by atoms with E-state index in [4.69, 9.17) is 0 Å². The molecule has 2 N–H and O–H groups in total. The summed E-state index contributed by atoms with van der Waals surface area (Å²) in [6.07, 6.45) is 1.47. The summed E-state index contributed by atoms with van der Waals surface area (Å²) >= 11 is 1.42. The number of hydrogen-bond acceptors (Lipinski definition) is 5. The van der Waals surface area contributed by atoms with Gasteiger partial charge in [0.15, 0.2) is 0 Å². The van der Waals surface area contributed by atoms with Crippen LogP contribution in [0.3, 0.4) is 0 Å². The highest BCUT2D eigenvalue weighted by atomic mass is 32.2. The van der Waals surface area contributed by atoms with Crippen molar-refractivity contribution in [2.75, 3.05) is 10.0 Å². The van der Waals surface area contributed by atoms with Crippen molar-refractivity contribution in [1.29, 1.82) is 0 Å². The predicted octanol–water partition coefficient (Wildman–Crippen LogP) is 2.91. The standard InChI is InChI=1S/C16H16N4O3S2/c1-11(21)17-12-5-3-6-13(9-12)19-25(22,23)15-10-20(2)18-16(15)14-7-4-8-24-14/h3-10,19H,1-2H3,(H,17,21). The molecule has 0 unspecified atom stereocenters. The van der Waals surface area contributed by atoms with Crippen molar-refractivity contribution in [1.82, 2.24) is 9.78 Å². The summed E-state index contributed by atoms with van der Waals surface area (Å²) in [6.45, 7) is 1.39. The number of nitrogens with zero attached hydrogens (tertiary/aromatic N) is 2. The SMILES string of the molecule is CC(=O)Nc1cccc(NS(=O)(=O)c2cn(C)nc2-c2cccs2)c1. The molecule has 0 aliphatic rings. The third kappa shape index (κ3) is 3.89. The molecule has 0 bridgehead atoms. The van der Waals surface area contributed by atoms with E-state index in [1.807, 2.05) is 17.5 Å². The summed E-state index contributed by atoms with van der Waals surface area (Å²) in [7, 11) is -2.16. The van der Waals surface area contributed by atoms with E-state index >= 15 is 0 Å². The van der Waals surface area contributed by atoms with Gasteiger partial charge in [0.05, 0.1) is 10.6 Å². The van der Waals surface area contributed by atoms with Crippen LogP contribution in [0, 0.1) is 0 Å². The van der Waals surface area contributed by atoms with Crippen LogP contribution in [0.4, 0.5) is 11.4 Å². The first-order valence-electron chi connectivity index (χ1n) is 7.33. The molecule has 3 rings (SSSR count). The van der Waals surface area contributed by atoms with E-state index in [0.29, 0.717) is 17.1 Å². The number of amides is 1. The van der Waals surface area contributed by atoms with Crippen LogP contribution < -0.4 is 10.0 Å². The fourth-order valence-electron chi connectivity index (χ4n) is 2.32. The quantitative estimate of drug-likeness (QED) is 0.716. The fraction of sp³-hybridized carbons (Fsp3) is 0.125. The smallest absolute Gasteiger partial charge is 0.265 e. The maximum Gasteiger partial charge on any atom is 0.265 e. The number of nitrogens with one attached hydrogen (secondary N) is 2. The monoisotopic (exact) mass is 376 g/mol. The molecule has 25 heavy (non-hydrogen) atoms. The number of hydrogen-bond donors (Lipinski definition) is 2. The van der Waals surface area contributed by atoms with Gasteiger partial charge in [-0.2, -0.15) is 5.10 Å². The third-order valence-corrected chi connectivity index (χ3v) is 5.53. The van der Waals surface area contributed by atoms with Gasteiger partial charge in [-0.25, -0.2) is 8.42 Å². The second-order valence-corrected chi connectivity index (χ2v) is 7.96. The van der Waals surface area contributed by atoms with E-state index in [0.717, 1.165) is 4.88 Å². The summed E-state index contributed by atoms with van der Waals surface area (Å²) in [4.78, 5) is 12.0. The average molecular weight is 376 g/mol. The number of thiophene rings is 1. The lowest BCUT2D eigenvalue weighted by Crippen LogP contribution is -2.13. The molecule has 9 heteroatoms. The molecular formula is C16H16N4O3S2. The summed E-state index contributed by atoms with van der Waals surface area (Å²) in [5.41, 5.74) is 1.27. The number of rotatable bonds is 5. The molecule has 0 spiro atoms. The topological polar surface area (TPSA) is 93.1 Å². The number of aryl methyl sites for hydroxylation is 1. The Morgan fingerprint density at radius 1 is 1.20 bits per heavy atom. The molecule has 0 saturated heterocycles. The Balaban J connectivity index is 1.95. The summed E-state index contributed by atoms with van der Waals surface area (Å²) < 4.78 is 29.6. The van der Waals surface area contributed by atoms with Crippen molar-refractivity contribution in [2.45, 2.75) is 11.8 Å². The van der Waals surface area contributed by atoms with E-state index in [9.17, 15) is 13.2 Å². The van der Waals surface area contributed by atoms with E-state index in [-0.39, 0.29) is 10.8 Å². The van der Waals surface area contributed by atoms with Crippen LogP contribution in [0.15, 0.2) is 52.9 Å². The predicted molar refractivity (Wildman–Crippen MR) is 98.1 cm³/mol. The molecule has 1 aromatic carbocycles. The van der Waals surface area contributed by atoms with Gasteiger partial charge < -0.3 is 5.32 Å². The van der Waals surface area contributed by atoms with Gasteiger partial charge >= 0.3 is 0 Å². The normalized spacial score (nSPS) is 11.3. The molecule has 0 aliphatic carbocycles. The van der Waals surface area contributed by atoms with Crippen LogP contribution in [0.2, 0.25) is 0 Å². The lowest BCUT2D eigenvalue weighted by Gasteiger charge is -2.09. The molecule has 0 fully saturated rings. The second-order valence-electron chi connectivity index (χ2n) is 5.36. The first-order chi connectivity index (χ1) is 11.8. The highest BCUT2D eigenvalue weighted by Gasteiger charge is 2.24. The molecule has 0 saturated carbocycles. The van der Waals surface area contributed by atoms with Gasteiger partial charge in [0.2, 0.25) is 5.91 Å². The molecule has 0 radical (unpaired) electrons. The Morgan fingerprint density at radius 3 is 2.64 bits per heavy atom. The first-order valence-corrected chi connectivity index (χ1v) is 9.69. The summed E-state index contributed by atoms with van der Waals surface area (Å²) in [5.74, 6) is -0.229. The third-order valence-electron chi connectivity index (χ3n) is 3.27. The molecule has 2 heterocycles. The molecular weight excluding hydrogens is 360 g/mol. The van der Waals surface area contributed by atoms with Crippen molar-refractivity contribution in [2.24, 2.45) is 7.05 Å². The molecule has 0 atom stereocenters. The second kappa shape index (κ2) is 6.69. The lowest BCUT2D eigenvalue weighted by atomic mass is 10.3. The molecule has 1 amide bonds. The molecule has 2 aromatic heterocycles. The van der Waals surface area contributed by atoms with Crippen LogP contribution >= 0.6 is 11.3 Å². The summed E-state index contributed by atoms with van der Waals surface area (Å²) in [5, 5.41) is 8.75. The molecule has 3 aromatic rings. The number of carbonyl (C=O) groups excluding carboxylic acids is 1. The molecule has 0 aliphatic heterocycles. The Labute approximate surface area is 149 Å². The fourth-order valence-corrected chi connectivity index (χ4v) is 4.35. The zero-order valence-electron chi connectivity index (χ0n) is 13.6. The zero-order chi connectivity index (χ0) is 18.0. The lowest BCUT2D eigenvalue weighted by molar-refractivity contribution is -0.114. The number of carbonyl (C=O) groups is 1. The van der Waals surface area contributed by atoms with Crippen LogP contribution in [-0.4, -0.2) is 24.1 Å². The van der Waals surface area contributed by atoms with Crippen LogP contribution in [-0.2, 0) is 21.9 Å². The number of anilines is 2. The van der Waals surface area contributed by atoms with Gasteiger partial charge in [0, 0.05) is 25.9 Å². The number of sulfonamides is 1.